The van der Waals surface area contributed by atoms with Crippen LogP contribution in [-0.4, -0.2) is 17.6 Å². The smallest absolute Gasteiger partial charge is 0.416 e. The van der Waals surface area contributed by atoms with Gasteiger partial charge in [0.25, 0.3) is 0 Å². The molecular formula is C23H22F3NO4. The molecule has 0 amide bonds. The monoisotopic (exact) mass is 433 g/mol. The minimum absolute atomic E-state index is 0.0398. The molecule has 31 heavy (non-hydrogen) atoms. The van der Waals surface area contributed by atoms with Crippen molar-refractivity contribution in [2.45, 2.75) is 39.3 Å². The number of ether oxygens (including phenoxy) is 2. The molecule has 3 rings (SSSR count). The van der Waals surface area contributed by atoms with Crippen LogP contribution in [0.2, 0.25) is 0 Å². The van der Waals surface area contributed by atoms with E-state index in [1.54, 1.807) is 24.3 Å². The fraction of sp³-hybridized carbons (Fsp3) is 0.304. The maximum Gasteiger partial charge on any atom is 0.416 e. The van der Waals surface area contributed by atoms with Crippen molar-refractivity contribution in [1.29, 1.82) is 0 Å². The van der Waals surface area contributed by atoms with Crippen molar-refractivity contribution in [3.8, 4) is 23.0 Å². The van der Waals surface area contributed by atoms with Gasteiger partial charge in [0.05, 0.1) is 17.9 Å². The maximum absolute atomic E-state index is 12.8. The minimum Gasteiger partial charge on any atom is -0.493 e. The molecule has 0 unspecified atom stereocenters. The van der Waals surface area contributed by atoms with Gasteiger partial charge in [-0.3, -0.25) is 4.79 Å². The molecule has 0 saturated carbocycles. The zero-order valence-electron chi connectivity index (χ0n) is 17.3. The van der Waals surface area contributed by atoms with Crippen LogP contribution in [0.4, 0.5) is 13.2 Å². The van der Waals surface area contributed by atoms with Crippen LogP contribution in [0.1, 0.15) is 43.7 Å². The van der Waals surface area contributed by atoms with Crippen molar-refractivity contribution in [3.63, 3.8) is 0 Å². The zero-order valence-corrected chi connectivity index (χ0v) is 17.3. The summed E-state index contributed by atoms with van der Waals surface area (Å²) in [5, 5.41) is 0. The van der Waals surface area contributed by atoms with E-state index in [2.05, 4.69) is 4.98 Å². The second kappa shape index (κ2) is 9.24. The van der Waals surface area contributed by atoms with Crippen molar-refractivity contribution in [1.82, 2.24) is 4.98 Å². The number of carbonyl (C=O) groups excluding carboxylic acids is 1. The lowest BCUT2D eigenvalue weighted by molar-refractivity contribution is -0.137. The quantitative estimate of drug-likeness (QED) is 0.336. The molecule has 0 fully saturated rings. The first-order valence-corrected chi connectivity index (χ1v) is 9.72. The van der Waals surface area contributed by atoms with Crippen LogP contribution >= 0.6 is 0 Å². The number of carbonyl (C=O) groups is 1. The van der Waals surface area contributed by atoms with Gasteiger partial charge in [-0.2, -0.15) is 13.2 Å². The number of hydrogen-bond donors (Lipinski definition) is 0. The van der Waals surface area contributed by atoms with E-state index < -0.39 is 17.7 Å². The molecule has 0 atom stereocenters. The second-order valence-corrected chi connectivity index (χ2v) is 7.23. The van der Waals surface area contributed by atoms with E-state index in [0.29, 0.717) is 41.5 Å². The van der Waals surface area contributed by atoms with Gasteiger partial charge >= 0.3 is 12.1 Å². The Morgan fingerprint density at radius 2 is 1.77 bits per heavy atom. The number of halogens is 3. The van der Waals surface area contributed by atoms with E-state index in [1.165, 1.54) is 19.1 Å². The number of rotatable bonds is 7. The first-order valence-electron chi connectivity index (χ1n) is 9.72. The van der Waals surface area contributed by atoms with E-state index in [1.807, 2.05) is 13.8 Å². The lowest BCUT2D eigenvalue weighted by Crippen LogP contribution is -2.05. The molecule has 1 heterocycles. The van der Waals surface area contributed by atoms with Crippen molar-refractivity contribution in [3.05, 3.63) is 65.5 Å². The Hall–Kier alpha value is -3.29. The normalized spacial score (nSPS) is 11.6. The van der Waals surface area contributed by atoms with Crippen LogP contribution in [0.15, 0.2) is 52.9 Å². The van der Waals surface area contributed by atoms with Crippen molar-refractivity contribution < 1.29 is 31.9 Å². The molecule has 0 radical (unpaired) electrons. The summed E-state index contributed by atoms with van der Waals surface area (Å²) in [5.41, 5.74) is 0.425. The van der Waals surface area contributed by atoms with Crippen molar-refractivity contribution in [2.24, 2.45) is 0 Å². The highest BCUT2D eigenvalue weighted by molar-refractivity contribution is 5.69. The SMILES string of the molecule is CC(=O)Oc1cccc(OCCc2nc(-c3ccc(C(F)(F)F)cc3)oc2C(C)C)c1. The van der Waals surface area contributed by atoms with Gasteiger partial charge in [-0.15, -0.1) is 0 Å². The fourth-order valence-corrected chi connectivity index (χ4v) is 2.98. The highest BCUT2D eigenvalue weighted by Gasteiger charge is 2.30. The number of aromatic nitrogens is 1. The summed E-state index contributed by atoms with van der Waals surface area (Å²) < 4.78 is 55.0. The van der Waals surface area contributed by atoms with E-state index in [0.717, 1.165) is 12.1 Å². The van der Waals surface area contributed by atoms with Crippen LogP contribution in [0.3, 0.4) is 0 Å². The summed E-state index contributed by atoms with van der Waals surface area (Å²) in [6, 6.07) is 11.4. The Kier molecular flexibility index (Phi) is 6.68. The molecule has 164 valence electrons. The third-order valence-corrected chi connectivity index (χ3v) is 4.39. The van der Waals surface area contributed by atoms with E-state index in [4.69, 9.17) is 13.9 Å². The van der Waals surface area contributed by atoms with Gasteiger partial charge < -0.3 is 13.9 Å². The third-order valence-electron chi connectivity index (χ3n) is 4.39. The summed E-state index contributed by atoms with van der Waals surface area (Å²) in [7, 11) is 0. The molecule has 0 N–H and O–H groups in total. The standard InChI is InChI=1S/C23H22F3NO4/c1-14(2)21-20(11-12-29-18-5-4-6-19(13-18)30-15(3)28)27-22(31-21)16-7-9-17(10-8-16)23(24,25)26/h4-10,13-14H,11-12H2,1-3H3. The highest BCUT2D eigenvalue weighted by Crippen LogP contribution is 2.32. The summed E-state index contributed by atoms with van der Waals surface area (Å²) in [6.45, 7) is 5.51. The Bertz CT molecular complexity index is 1040. The molecular weight excluding hydrogens is 411 g/mol. The molecule has 5 nitrogen and oxygen atoms in total. The molecule has 8 heteroatoms. The zero-order chi connectivity index (χ0) is 22.6. The van der Waals surface area contributed by atoms with Crippen molar-refractivity contribution in [2.75, 3.05) is 6.61 Å². The molecule has 0 aliphatic carbocycles. The van der Waals surface area contributed by atoms with Crippen LogP contribution in [0, 0.1) is 0 Å². The first-order chi connectivity index (χ1) is 14.6. The Morgan fingerprint density at radius 1 is 1.10 bits per heavy atom. The molecule has 0 spiro atoms. The molecule has 3 aromatic rings. The van der Waals surface area contributed by atoms with Crippen LogP contribution in [0.25, 0.3) is 11.5 Å². The minimum atomic E-state index is -4.40. The van der Waals surface area contributed by atoms with Gasteiger partial charge in [0.1, 0.15) is 17.3 Å². The fourth-order valence-electron chi connectivity index (χ4n) is 2.98. The largest absolute Gasteiger partial charge is 0.493 e. The lowest BCUT2D eigenvalue weighted by atomic mass is 10.1. The summed E-state index contributed by atoms with van der Waals surface area (Å²) in [4.78, 5) is 15.6. The second-order valence-electron chi connectivity index (χ2n) is 7.23. The van der Waals surface area contributed by atoms with Gasteiger partial charge in [0.2, 0.25) is 5.89 Å². The topological polar surface area (TPSA) is 61.6 Å². The summed E-state index contributed by atoms with van der Waals surface area (Å²) >= 11 is 0. The summed E-state index contributed by atoms with van der Waals surface area (Å²) in [5.74, 6) is 1.47. The highest BCUT2D eigenvalue weighted by atomic mass is 19.4. The lowest BCUT2D eigenvalue weighted by Gasteiger charge is -2.08. The first kappa shape index (κ1) is 22.4. The van der Waals surface area contributed by atoms with E-state index >= 15 is 0 Å². The molecule has 0 aliphatic heterocycles. The van der Waals surface area contributed by atoms with Crippen molar-refractivity contribution >= 4 is 5.97 Å². The maximum atomic E-state index is 12.8. The van der Waals surface area contributed by atoms with Gasteiger partial charge in [0.15, 0.2) is 0 Å². The van der Waals surface area contributed by atoms with Crippen LogP contribution in [0.5, 0.6) is 11.5 Å². The predicted molar refractivity (Wildman–Crippen MR) is 108 cm³/mol. The molecule has 2 aromatic carbocycles. The molecule has 0 aliphatic rings. The Labute approximate surface area is 177 Å². The number of oxazole rings is 1. The van der Waals surface area contributed by atoms with Gasteiger partial charge in [-0.05, 0) is 36.4 Å². The van der Waals surface area contributed by atoms with E-state index in [-0.39, 0.29) is 11.8 Å². The Morgan fingerprint density at radius 3 is 2.39 bits per heavy atom. The van der Waals surface area contributed by atoms with Crippen LogP contribution in [-0.2, 0) is 17.4 Å². The molecule has 0 bridgehead atoms. The number of nitrogens with zero attached hydrogens (tertiary/aromatic N) is 1. The van der Waals surface area contributed by atoms with E-state index in [9.17, 15) is 18.0 Å². The van der Waals surface area contributed by atoms with Gasteiger partial charge in [-0.1, -0.05) is 19.9 Å². The average Bonchev–Trinajstić information content (AvgIpc) is 3.12. The van der Waals surface area contributed by atoms with Crippen LogP contribution < -0.4 is 9.47 Å². The average molecular weight is 433 g/mol. The molecule has 1 aromatic heterocycles. The number of esters is 1. The van der Waals surface area contributed by atoms with Gasteiger partial charge in [0, 0.05) is 30.9 Å². The Balaban J connectivity index is 1.72. The van der Waals surface area contributed by atoms with Gasteiger partial charge in [-0.25, -0.2) is 4.98 Å². The summed E-state index contributed by atoms with van der Waals surface area (Å²) in [6.07, 6.45) is -3.96. The molecule has 0 saturated heterocycles. The third kappa shape index (κ3) is 5.87. The number of alkyl halides is 3. The number of benzene rings is 2. The predicted octanol–water partition coefficient (Wildman–Crippen LogP) is 6.03. The number of hydrogen-bond acceptors (Lipinski definition) is 5.